The zero-order chi connectivity index (χ0) is 19.3. The first-order valence-corrected chi connectivity index (χ1v) is 11.0. The first kappa shape index (κ1) is 19.5. The average Bonchev–Trinajstić information content (AvgIpc) is 3.39. The van der Waals surface area contributed by atoms with Crippen LogP contribution >= 0.6 is 0 Å². The second-order valence-corrected chi connectivity index (χ2v) is 8.84. The summed E-state index contributed by atoms with van der Waals surface area (Å²) in [4.78, 5) is 5.35. The summed E-state index contributed by atoms with van der Waals surface area (Å²) >= 11 is 0. The number of hydrogen-bond donors (Lipinski definition) is 0. The molecule has 6 heteroatoms. The van der Waals surface area contributed by atoms with E-state index in [1.807, 2.05) is 4.68 Å². The van der Waals surface area contributed by atoms with Crippen molar-refractivity contribution in [3.05, 3.63) is 41.7 Å². The van der Waals surface area contributed by atoms with Crippen molar-refractivity contribution in [3.8, 4) is 0 Å². The molecule has 2 heterocycles. The first-order valence-electron chi connectivity index (χ1n) is 11.0. The molecule has 0 spiro atoms. The predicted octanol–water partition coefficient (Wildman–Crippen LogP) is 3.37. The lowest BCUT2D eigenvalue weighted by atomic mass is 10.0. The molecule has 2 aliphatic rings. The molecule has 28 heavy (non-hydrogen) atoms. The average molecular weight is 383 g/mol. The number of piperazine rings is 1. The molecule has 0 radical (unpaired) electrons. The quantitative estimate of drug-likeness (QED) is 0.735. The maximum absolute atomic E-state index is 4.48. The van der Waals surface area contributed by atoms with Crippen LogP contribution in [0.5, 0.6) is 0 Å². The van der Waals surface area contributed by atoms with Gasteiger partial charge in [0.15, 0.2) is 5.82 Å². The molecule has 2 aromatic rings. The lowest BCUT2D eigenvalue weighted by Gasteiger charge is -2.41. The van der Waals surface area contributed by atoms with E-state index in [0.717, 1.165) is 37.9 Å². The first-order chi connectivity index (χ1) is 13.7. The number of nitrogens with zero attached hydrogens (tertiary/aromatic N) is 6. The van der Waals surface area contributed by atoms with E-state index in [9.17, 15) is 0 Å². The van der Waals surface area contributed by atoms with Crippen LogP contribution in [-0.4, -0.2) is 62.2 Å². The minimum atomic E-state index is 0.296. The Hall–Kier alpha value is -1.79. The highest BCUT2D eigenvalue weighted by Gasteiger charge is 2.32. The van der Waals surface area contributed by atoms with Crippen LogP contribution in [0, 0.1) is 5.92 Å². The molecule has 1 saturated heterocycles. The molecule has 0 N–H and O–H groups in total. The van der Waals surface area contributed by atoms with Crippen molar-refractivity contribution in [1.82, 2.24) is 30.0 Å². The second-order valence-electron chi connectivity index (χ2n) is 8.84. The predicted molar refractivity (Wildman–Crippen MR) is 111 cm³/mol. The van der Waals surface area contributed by atoms with Crippen LogP contribution in [0.15, 0.2) is 30.3 Å². The smallest absolute Gasteiger partial charge is 0.168 e. The molecule has 1 aromatic carbocycles. The molecule has 0 amide bonds. The van der Waals surface area contributed by atoms with E-state index in [0.29, 0.717) is 12.0 Å². The Morgan fingerprint density at radius 3 is 2.39 bits per heavy atom. The Morgan fingerprint density at radius 2 is 1.71 bits per heavy atom. The normalized spacial score (nSPS) is 20.8. The summed E-state index contributed by atoms with van der Waals surface area (Å²) in [5.41, 5.74) is 1.24. The maximum Gasteiger partial charge on any atom is 0.168 e. The Balaban J connectivity index is 1.47. The van der Waals surface area contributed by atoms with Crippen molar-refractivity contribution in [2.75, 3.05) is 26.2 Å². The minimum Gasteiger partial charge on any atom is -0.298 e. The van der Waals surface area contributed by atoms with Gasteiger partial charge in [-0.2, -0.15) is 0 Å². The third-order valence-corrected chi connectivity index (χ3v) is 6.36. The third-order valence-electron chi connectivity index (χ3n) is 6.36. The van der Waals surface area contributed by atoms with Gasteiger partial charge in [-0.25, -0.2) is 4.68 Å². The zero-order valence-electron chi connectivity index (χ0n) is 17.4. The molecule has 152 valence electrons. The van der Waals surface area contributed by atoms with Crippen LogP contribution in [0.25, 0.3) is 0 Å². The Morgan fingerprint density at radius 1 is 1.00 bits per heavy atom. The van der Waals surface area contributed by atoms with Gasteiger partial charge < -0.3 is 0 Å². The van der Waals surface area contributed by atoms with E-state index in [1.54, 1.807) is 0 Å². The van der Waals surface area contributed by atoms with Crippen LogP contribution in [0.2, 0.25) is 0 Å². The van der Waals surface area contributed by atoms with Crippen molar-refractivity contribution >= 4 is 0 Å². The van der Waals surface area contributed by atoms with Gasteiger partial charge in [0.05, 0.1) is 12.6 Å². The molecule has 0 bridgehead atoms. The zero-order valence-corrected chi connectivity index (χ0v) is 17.4. The van der Waals surface area contributed by atoms with Crippen LogP contribution in [0.1, 0.15) is 63.4 Å². The molecule has 1 saturated carbocycles. The molecule has 6 nitrogen and oxygen atoms in total. The lowest BCUT2D eigenvalue weighted by Crippen LogP contribution is -2.51. The van der Waals surface area contributed by atoms with Gasteiger partial charge in [-0.1, -0.05) is 57.0 Å². The third kappa shape index (κ3) is 4.61. The second kappa shape index (κ2) is 9.14. The molecule has 1 aliphatic carbocycles. The van der Waals surface area contributed by atoms with Crippen molar-refractivity contribution < 1.29 is 0 Å². The lowest BCUT2D eigenvalue weighted by molar-refractivity contribution is 0.0588. The molecule has 4 rings (SSSR count). The van der Waals surface area contributed by atoms with Gasteiger partial charge in [-0.3, -0.25) is 9.80 Å². The van der Waals surface area contributed by atoms with Crippen LogP contribution in [0.3, 0.4) is 0 Å². The van der Waals surface area contributed by atoms with Gasteiger partial charge in [0.25, 0.3) is 0 Å². The van der Waals surface area contributed by atoms with Crippen molar-refractivity contribution in [2.24, 2.45) is 5.92 Å². The number of aromatic nitrogens is 4. The summed E-state index contributed by atoms with van der Waals surface area (Å²) in [5, 5.41) is 12.9. The highest BCUT2D eigenvalue weighted by molar-refractivity contribution is 5.15. The minimum absolute atomic E-state index is 0.296. The maximum atomic E-state index is 4.48. The topological polar surface area (TPSA) is 50.1 Å². The van der Waals surface area contributed by atoms with Crippen molar-refractivity contribution in [1.29, 1.82) is 0 Å². The molecule has 2 fully saturated rings. The summed E-state index contributed by atoms with van der Waals surface area (Å²) in [6.45, 7) is 9.93. The summed E-state index contributed by atoms with van der Waals surface area (Å²) in [6, 6.07) is 11.6. The van der Waals surface area contributed by atoms with E-state index in [4.69, 9.17) is 0 Å². The highest BCUT2D eigenvalue weighted by atomic mass is 15.6. The standard InChI is InChI=1S/C22H34N6/c1-18(2)16-21(27-14-12-26(13-15-27)20-10-6-7-11-20)22-23-24-25-28(22)17-19-8-4-3-5-9-19/h3-5,8-9,18,20-21H,6-7,10-17H2,1-2H3/t21-/m1/s1. The van der Waals surface area contributed by atoms with Gasteiger partial charge in [-0.05, 0) is 41.2 Å². The fraction of sp³-hybridized carbons (Fsp3) is 0.682. The van der Waals surface area contributed by atoms with Gasteiger partial charge in [0.2, 0.25) is 0 Å². The van der Waals surface area contributed by atoms with Gasteiger partial charge in [0, 0.05) is 32.2 Å². The van der Waals surface area contributed by atoms with E-state index in [-0.39, 0.29) is 0 Å². The highest BCUT2D eigenvalue weighted by Crippen LogP contribution is 2.30. The number of rotatable bonds is 7. The van der Waals surface area contributed by atoms with E-state index < -0.39 is 0 Å². The summed E-state index contributed by atoms with van der Waals surface area (Å²) in [7, 11) is 0. The van der Waals surface area contributed by atoms with E-state index in [1.165, 1.54) is 44.3 Å². The van der Waals surface area contributed by atoms with E-state index >= 15 is 0 Å². The monoisotopic (exact) mass is 382 g/mol. The summed E-state index contributed by atoms with van der Waals surface area (Å²) in [5.74, 6) is 1.63. The molecule has 0 unspecified atom stereocenters. The van der Waals surface area contributed by atoms with Crippen LogP contribution in [-0.2, 0) is 6.54 Å². The SMILES string of the molecule is CC(C)C[C@H](c1nnnn1Cc1ccccc1)N1CCN(C2CCCC2)CC1. The van der Waals surface area contributed by atoms with Gasteiger partial charge in [0.1, 0.15) is 0 Å². The number of hydrogen-bond acceptors (Lipinski definition) is 5. The fourth-order valence-corrected chi connectivity index (χ4v) is 4.87. The Bertz CT molecular complexity index is 714. The summed E-state index contributed by atoms with van der Waals surface area (Å²) in [6.07, 6.45) is 6.71. The Kier molecular flexibility index (Phi) is 6.37. The molecular weight excluding hydrogens is 348 g/mol. The Labute approximate surface area is 168 Å². The fourth-order valence-electron chi connectivity index (χ4n) is 4.87. The number of benzene rings is 1. The van der Waals surface area contributed by atoms with Crippen molar-refractivity contribution in [3.63, 3.8) is 0 Å². The van der Waals surface area contributed by atoms with Gasteiger partial charge in [-0.15, -0.1) is 5.10 Å². The number of tetrazole rings is 1. The summed E-state index contributed by atoms with van der Waals surface area (Å²) < 4.78 is 2.01. The van der Waals surface area contributed by atoms with Crippen molar-refractivity contribution in [2.45, 2.75) is 64.6 Å². The molecule has 1 aliphatic heterocycles. The molecular formula is C22H34N6. The molecule has 1 aromatic heterocycles. The molecule has 1 atom stereocenters. The van der Waals surface area contributed by atoms with Crippen LogP contribution < -0.4 is 0 Å². The van der Waals surface area contributed by atoms with Crippen LogP contribution in [0.4, 0.5) is 0 Å². The van der Waals surface area contributed by atoms with E-state index in [2.05, 4.69) is 69.5 Å². The van der Waals surface area contributed by atoms with Gasteiger partial charge >= 0.3 is 0 Å². The largest absolute Gasteiger partial charge is 0.298 e.